The quantitative estimate of drug-likeness (QED) is 0.585. The van der Waals surface area contributed by atoms with E-state index in [0.29, 0.717) is 4.67 Å². The molecule has 26 heavy (non-hydrogen) atoms. The maximum absolute atomic E-state index is 11.9. The van der Waals surface area contributed by atoms with E-state index in [1.54, 1.807) is 6.07 Å². The first-order valence-corrected chi connectivity index (χ1v) is 8.62. The number of ether oxygens (including phenoxy) is 1. The fourth-order valence-corrected chi connectivity index (χ4v) is 2.56. The summed E-state index contributed by atoms with van der Waals surface area (Å²) in [5, 5.41) is 3.12. The van der Waals surface area contributed by atoms with Crippen LogP contribution in [0.4, 0.5) is 17.6 Å². The monoisotopic (exact) mass is 417 g/mol. The van der Waals surface area contributed by atoms with Gasteiger partial charge in [-0.15, -0.1) is 0 Å². The van der Waals surface area contributed by atoms with Crippen molar-refractivity contribution in [3.63, 3.8) is 0 Å². The van der Waals surface area contributed by atoms with Crippen LogP contribution < -0.4 is 11.1 Å². The molecule has 0 aliphatic heterocycles. The van der Waals surface area contributed by atoms with Gasteiger partial charge in [-0.1, -0.05) is 25.1 Å². The van der Waals surface area contributed by atoms with Gasteiger partial charge in [0, 0.05) is 5.69 Å². The zero-order chi connectivity index (χ0) is 18.5. The number of benzene rings is 1. The van der Waals surface area contributed by atoms with Crippen LogP contribution in [0.1, 0.15) is 28.9 Å². The number of anilines is 3. The minimum atomic E-state index is -0.625. The molecule has 2 heterocycles. The van der Waals surface area contributed by atoms with Crippen LogP contribution in [0.5, 0.6) is 0 Å². The zero-order valence-electron chi connectivity index (χ0n) is 13.9. The van der Waals surface area contributed by atoms with E-state index in [2.05, 4.69) is 43.1 Å². The van der Waals surface area contributed by atoms with Gasteiger partial charge in [0.25, 0.3) is 0 Å². The molecular formula is C17H16BrN5O3. The molecule has 3 rings (SSSR count). The average Bonchev–Trinajstić information content (AvgIpc) is 3.06. The van der Waals surface area contributed by atoms with Crippen molar-refractivity contribution in [2.45, 2.75) is 20.0 Å². The first-order valence-electron chi connectivity index (χ1n) is 7.83. The van der Waals surface area contributed by atoms with Crippen molar-refractivity contribution in [1.29, 1.82) is 0 Å². The van der Waals surface area contributed by atoms with Gasteiger partial charge in [0.05, 0.1) is 0 Å². The number of carbonyl (C=O) groups excluding carboxylic acids is 1. The summed E-state index contributed by atoms with van der Waals surface area (Å²) in [6, 6.07) is 10.9. The fraction of sp³-hybridized carbons (Fsp3) is 0.176. The summed E-state index contributed by atoms with van der Waals surface area (Å²) in [5.74, 6) is -0.00365. The number of nitrogens with one attached hydrogen (secondary N) is 1. The topological polar surface area (TPSA) is 116 Å². The van der Waals surface area contributed by atoms with Crippen LogP contribution in [0.2, 0.25) is 0 Å². The highest BCUT2D eigenvalue weighted by Crippen LogP contribution is 2.20. The average molecular weight is 418 g/mol. The number of halogens is 1. The summed E-state index contributed by atoms with van der Waals surface area (Å²) in [6.45, 7) is 1.90. The number of furan rings is 1. The van der Waals surface area contributed by atoms with E-state index in [4.69, 9.17) is 14.9 Å². The SMILES string of the molecule is CCc1ccccc1Nc1nc(N)nc(COC(=O)c2ccc(Br)o2)n1. The van der Waals surface area contributed by atoms with E-state index in [-0.39, 0.29) is 30.1 Å². The van der Waals surface area contributed by atoms with E-state index in [1.165, 1.54) is 6.07 Å². The lowest BCUT2D eigenvalue weighted by molar-refractivity contribution is 0.0424. The highest BCUT2D eigenvalue weighted by Gasteiger charge is 2.14. The van der Waals surface area contributed by atoms with E-state index in [1.807, 2.05) is 24.3 Å². The Balaban J connectivity index is 1.72. The number of nitrogen functional groups attached to an aromatic ring is 1. The number of nitrogens with two attached hydrogens (primary N) is 1. The molecule has 0 saturated carbocycles. The Morgan fingerprint density at radius 2 is 2.04 bits per heavy atom. The van der Waals surface area contributed by atoms with Crippen LogP contribution in [-0.4, -0.2) is 20.9 Å². The summed E-state index contributed by atoms with van der Waals surface area (Å²) < 4.78 is 10.7. The third-order valence-electron chi connectivity index (χ3n) is 3.45. The summed E-state index contributed by atoms with van der Waals surface area (Å²) in [5.41, 5.74) is 7.73. The van der Waals surface area contributed by atoms with Crippen molar-refractivity contribution in [2.75, 3.05) is 11.1 Å². The standard InChI is InChI=1S/C17H16BrN5O3/c1-2-10-5-3-4-6-11(10)20-17-22-14(21-16(19)23-17)9-25-15(24)12-7-8-13(18)26-12/h3-8H,2,9H2,1H3,(H3,19,20,21,22,23). The second-order valence-corrected chi connectivity index (χ2v) is 6.03. The fourth-order valence-electron chi connectivity index (χ4n) is 2.25. The molecule has 3 N–H and O–H groups in total. The molecule has 134 valence electrons. The summed E-state index contributed by atoms with van der Waals surface area (Å²) in [4.78, 5) is 24.2. The lowest BCUT2D eigenvalue weighted by Gasteiger charge is -2.10. The van der Waals surface area contributed by atoms with Crippen LogP contribution in [0.3, 0.4) is 0 Å². The molecule has 0 bridgehead atoms. The highest BCUT2D eigenvalue weighted by molar-refractivity contribution is 9.10. The van der Waals surface area contributed by atoms with E-state index in [9.17, 15) is 4.79 Å². The Labute approximate surface area is 157 Å². The van der Waals surface area contributed by atoms with Crippen LogP contribution in [0.25, 0.3) is 0 Å². The molecular weight excluding hydrogens is 402 g/mol. The van der Waals surface area contributed by atoms with Crippen LogP contribution >= 0.6 is 15.9 Å². The molecule has 1 aromatic carbocycles. The number of hydrogen-bond acceptors (Lipinski definition) is 8. The second-order valence-electron chi connectivity index (χ2n) is 5.25. The predicted molar refractivity (Wildman–Crippen MR) is 98.9 cm³/mol. The molecule has 3 aromatic rings. The van der Waals surface area contributed by atoms with Crippen molar-refractivity contribution >= 4 is 39.5 Å². The Morgan fingerprint density at radius 3 is 2.77 bits per heavy atom. The van der Waals surface area contributed by atoms with E-state index in [0.717, 1.165) is 17.7 Å². The maximum Gasteiger partial charge on any atom is 0.374 e. The maximum atomic E-state index is 11.9. The van der Waals surface area contributed by atoms with Crippen molar-refractivity contribution in [2.24, 2.45) is 0 Å². The zero-order valence-corrected chi connectivity index (χ0v) is 15.5. The molecule has 0 radical (unpaired) electrons. The molecule has 8 nitrogen and oxygen atoms in total. The second kappa shape index (κ2) is 7.96. The normalized spacial score (nSPS) is 10.5. The molecule has 0 fully saturated rings. The summed E-state index contributed by atoms with van der Waals surface area (Å²) in [6.07, 6.45) is 0.854. The molecule has 0 spiro atoms. The molecule has 0 aliphatic rings. The molecule has 0 atom stereocenters. The first kappa shape index (κ1) is 17.9. The number of rotatable bonds is 6. The molecule has 0 aliphatic carbocycles. The summed E-state index contributed by atoms with van der Waals surface area (Å²) >= 11 is 3.13. The largest absolute Gasteiger partial charge is 0.452 e. The Hall–Kier alpha value is -2.94. The number of hydrogen-bond donors (Lipinski definition) is 2. The van der Waals surface area contributed by atoms with Crippen molar-refractivity contribution in [3.8, 4) is 0 Å². The van der Waals surface area contributed by atoms with Gasteiger partial charge in [0.2, 0.25) is 17.7 Å². The van der Waals surface area contributed by atoms with Crippen LogP contribution in [-0.2, 0) is 17.8 Å². The number of esters is 1. The van der Waals surface area contributed by atoms with Gasteiger partial charge in [0.15, 0.2) is 17.1 Å². The smallest absolute Gasteiger partial charge is 0.374 e. The molecule has 0 saturated heterocycles. The molecule has 0 amide bonds. The minimum Gasteiger partial charge on any atom is -0.452 e. The Bertz CT molecular complexity index is 928. The van der Waals surface area contributed by atoms with Gasteiger partial charge in [-0.3, -0.25) is 0 Å². The first-order chi connectivity index (χ1) is 12.5. The minimum absolute atomic E-state index is 0.0308. The highest BCUT2D eigenvalue weighted by atomic mass is 79.9. The van der Waals surface area contributed by atoms with Gasteiger partial charge in [-0.2, -0.15) is 15.0 Å². The molecule has 9 heteroatoms. The van der Waals surface area contributed by atoms with E-state index < -0.39 is 5.97 Å². The third-order valence-corrected chi connectivity index (χ3v) is 3.88. The van der Waals surface area contributed by atoms with Crippen molar-refractivity contribution in [1.82, 2.24) is 15.0 Å². The van der Waals surface area contributed by atoms with Gasteiger partial charge >= 0.3 is 5.97 Å². The lowest BCUT2D eigenvalue weighted by Crippen LogP contribution is -2.11. The number of carbonyl (C=O) groups is 1. The molecule has 2 aromatic heterocycles. The van der Waals surface area contributed by atoms with Crippen LogP contribution in [0.15, 0.2) is 45.5 Å². The Morgan fingerprint density at radius 1 is 1.23 bits per heavy atom. The van der Waals surface area contributed by atoms with Crippen molar-refractivity contribution in [3.05, 3.63) is 58.2 Å². The van der Waals surface area contributed by atoms with Gasteiger partial charge in [-0.05, 0) is 46.1 Å². The summed E-state index contributed by atoms with van der Waals surface area (Å²) in [7, 11) is 0. The number of nitrogens with zero attached hydrogens (tertiary/aromatic N) is 3. The predicted octanol–water partition coefficient (Wildman–Crippen LogP) is 3.47. The van der Waals surface area contributed by atoms with Gasteiger partial charge in [-0.25, -0.2) is 4.79 Å². The van der Waals surface area contributed by atoms with Crippen molar-refractivity contribution < 1.29 is 13.9 Å². The number of aromatic nitrogens is 3. The van der Waals surface area contributed by atoms with Gasteiger partial charge < -0.3 is 20.2 Å². The molecule has 0 unspecified atom stereocenters. The van der Waals surface area contributed by atoms with Gasteiger partial charge in [0.1, 0.15) is 0 Å². The lowest BCUT2D eigenvalue weighted by atomic mass is 10.1. The Kier molecular flexibility index (Phi) is 5.47. The van der Waals surface area contributed by atoms with E-state index >= 15 is 0 Å². The van der Waals surface area contributed by atoms with Crippen LogP contribution in [0, 0.1) is 0 Å². The number of para-hydroxylation sites is 1. The number of aryl methyl sites for hydroxylation is 1. The third kappa shape index (κ3) is 4.37.